The van der Waals surface area contributed by atoms with E-state index in [1.807, 2.05) is 0 Å². The Labute approximate surface area is 335 Å². The lowest BCUT2D eigenvalue weighted by Gasteiger charge is -2.24. The molecule has 0 saturated carbocycles. The van der Waals surface area contributed by atoms with Crippen molar-refractivity contribution in [2.45, 2.75) is 264 Å². The summed E-state index contributed by atoms with van der Waals surface area (Å²) in [5.74, 6) is -0.500. The van der Waals surface area contributed by atoms with Crippen LogP contribution in [0.3, 0.4) is 0 Å². The van der Waals surface area contributed by atoms with Gasteiger partial charge in [-0.1, -0.05) is 193 Å². The van der Waals surface area contributed by atoms with E-state index in [-0.39, 0.29) is 24.9 Å². The first-order valence-corrected chi connectivity index (χ1v) is 23.6. The van der Waals surface area contributed by atoms with Crippen LogP contribution in [-0.4, -0.2) is 46.9 Å². The fourth-order valence-corrected chi connectivity index (χ4v) is 7.12. The highest BCUT2D eigenvalue weighted by atomic mass is 16.5. The third-order valence-electron chi connectivity index (χ3n) is 10.7. The standard InChI is InChI=1S/C48H91NO5/c1-4-7-10-13-16-19-21-22-23-24-25-27-28-31-34-37-40-46(51)45(43-50)49-47(52)42-44(39-36-33-30-18-15-12-9-6-3)54-48(53)41-38-35-32-29-26-20-17-14-11-8-5-2/h12,14-15,17,44-46,50-51H,4-11,13,16,18-43H2,1-3H3,(H,49,52)/b15-12-,17-14-. The van der Waals surface area contributed by atoms with Crippen LogP contribution in [0.4, 0.5) is 0 Å². The number of carbonyl (C=O) groups excluding carboxylic acids is 2. The number of hydrogen-bond acceptors (Lipinski definition) is 5. The maximum Gasteiger partial charge on any atom is 0.306 e. The zero-order chi connectivity index (χ0) is 39.6. The van der Waals surface area contributed by atoms with E-state index in [0.717, 1.165) is 77.0 Å². The molecule has 54 heavy (non-hydrogen) atoms. The van der Waals surface area contributed by atoms with E-state index in [1.54, 1.807) is 0 Å². The number of nitrogens with one attached hydrogen (secondary N) is 1. The Balaban J connectivity index is 4.41. The molecule has 0 spiro atoms. The minimum absolute atomic E-state index is 0.0657. The highest BCUT2D eigenvalue weighted by Gasteiger charge is 2.24. The molecule has 0 aromatic carbocycles. The van der Waals surface area contributed by atoms with E-state index >= 15 is 0 Å². The molecule has 0 fully saturated rings. The highest BCUT2D eigenvalue weighted by molar-refractivity contribution is 5.77. The second kappa shape index (κ2) is 42.5. The van der Waals surface area contributed by atoms with Gasteiger partial charge in [0.2, 0.25) is 5.91 Å². The third-order valence-corrected chi connectivity index (χ3v) is 10.7. The molecule has 0 aliphatic carbocycles. The van der Waals surface area contributed by atoms with E-state index in [4.69, 9.17) is 4.74 Å². The van der Waals surface area contributed by atoms with Crippen molar-refractivity contribution in [3.05, 3.63) is 24.3 Å². The van der Waals surface area contributed by atoms with Crippen LogP contribution in [-0.2, 0) is 14.3 Å². The molecule has 0 aliphatic heterocycles. The van der Waals surface area contributed by atoms with Gasteiger partial charge in [0.1, 0.15) is 6.10 Å². The Bertz CT molecular complexity index is 858. The number of aliphatic hydroxyl groups excluding tert-OH is 2. The maximum absolute atomic E-state index is 13.1. The van der Waals surface area contributed by atoms with Gasteiger partial charge in [-0.15, -0.1) is 0 Å². The molecule has 6 nitrogen and oxygen atoms in total. The summed E-state index contributed by atoms with van der Waals surface area (Å²) in [4.78, 5) is 25.9. The van der Waals surface area contributed by atoms with Crippen LogP contribution in [0.5, 0.6) is 0 Å². The van der Waals surface area contributed by atoms with Gasteiger partial charge in [-0.05, 0) is 64.2 Å². The summed E-state index contributed by atoms with van der Waals surface area (Å²) < 4.78 is 5.86. The first kappa shape index (κ1) is 52.3. The van der Waals surface area contributed by atoms with Crippen molar-refractivity contribution in [1.82, 2.24) is 5.32 Å². The molecule has 0 rings (SSSR count). The number of aliphatic hydroxyl groups is 2. The summed E-state index contributed by atoms with van der Waals surface area (Å²) in [7, 11) is 0. The molecule has 0 radical (unpaired) electrons. The lowest BCUT2D eigenvalue weighted by atomic mass is 10.0. The van der Waals surface area contributed by atoms with Gasteiger partial charge in [0.15, 0.2) is 0 Å². The zero-order valence-electron chi connectivity index (χ0n) is 36.1. The van der Waals surface area contributed by atoms with Crippen LogP contribution in [0.25, 0.3) is 0 Å². The molecule has 3 unspecified atom stereocenters. The molecule has 3 N–H and O–H groups in total. The van der Waals surface area contributed by atoms with Gasteiger partial charge in [0.05, 0.1) is 25.2 Å². The molecule has 0 aliphatic rings. The van der Waals surface area contributed by atoms with E-state index < -0.39 is 18.2 Å². The van der Waals surface area contributed by atoms with Gasteiger partial charge in [0, 0.05) is 6.42 Å². The molecule has 318 valence electrons. The minimum atomic E-state index is -0.788. The average molecular weight is 762 g/mol. The van der Waals surface area contributed by atoms with Crippen LogP contribution in [0.2, 0.25) is 0 Å². The van der Waals surface area contributed by atoms with E-state index in [0.29, 0.717) is 19.3 Å². The fourth-order valence-electron chi connectivity index (χ4n) is 7.12. The number of esters is 1. The number of ether oxygens (including phenoxy) is 1. The molecular weight excluding hydrogens is 671 g/mol. The summed E-state index contributed by atoms with van der Waals surface area (Å²) in [6.07, 6.45) is 46.8. The molecule has 1 amide bonds. The van der Waals surface area contributed by atoms with Crippen molar-refractivity contribution in [3.8, 4) is 0 Å². The Kier molecular flexibility index (Phi) is 41.2. The summed E-state index contributed by atoms with van der Waals surface area (Å²) in [5.41, 5.74) is 0. The van der Waals surface area contributed by atoms with E-state index in [9.17, 15) is 19.8 Å². The lowest BCUT2D eigenvalue weighted by molar-refractivity contribution is -0.151. The molecule has 0 saturated heterocycles. The van der Waals surface area contributed by atoms with E-state index in [2.05, 4.69) is 50.4 Å². The predicted octanol–water partition coefficient (Wildman–Crippen LogP) is 13.6. The number of hydrogen-bond donors (Lipinski definition) is 3. The topological polar surface area (TPSA) is 95.9 Å². The van der Waals surface area contributed by atoms with Crippen molar-refractivity contribution in [1.29, 1.82) is 0 Å². The van der Waals surface area contributed by atoms with Crippen molar-refractivity contribution >= 4 is 11.9 Å². The number of rotatable bonds is 42. The summed E-state index contributed by atoms with van der Waals surface area (Å²) in [5, 5.41) is 23.6. The van der Waals surface area contributed by atoms with Gasteiger partial charge in [-0.25, -0.2) is 0 Å². The quantitative estimate of drug-likeness (QED) is 0.0327. The average Bonchev–Trinajstić information content (AvgIpc) is 3.16. The Morgan fingerprint density at radius 2 is 0.944 bits per heavy atom. The van der Waals surface area contributed by atoms with Crippen LogP contribution >= 0.6 is 0 Å². The van der Waals surface area contributed by atoms with Crippen molar-refractivity contribution in [3.63, 3.8) is 0 Å². The molecule has 3 atom stereocenters. The monoisotopic (exact) mass is 762 g/mol. The van der Waals surface area contributed by atoms with Crippen molar-refractivity contribution in [2.75, 3.05) is 6.61 Å². The van der Waals surface area contributed by atoms with Gasteiger partial charge in [0.25, 0.3) is 0 Å². The van der Waals surface area contributed by atoms with Gasteiger partial charge in [-0.2, -0.15) is 0 Å². The first-order valence-electron chi connectivity index (χ1n) is 23.6. The molecular formula is C48H91NO5. The fraction of sp³-hybridized carbons (Fsp3) is 0.875. The largest absolute Gasteiger partial charge is 0.462 e. The second-order valence-electron chi connectivity index (χ2n) is 16.2. The summed E-state index contributed by atoms with van der Waals surface area (Å²) in [6.45, 7) is 6.37. The third kappa shape index (κ3) is 37.3. The van der Waals surface area contributed by atoms with Crippen LogP contribution in [0.15, 0.2) is 24.3 Å². The number of carbonyl (C=O) groups is 2. The molecule has 0 heterocycles. The summed E-state index contributed by atoms with van der Waals surface area (Å²) >= 11 is 0. The molecule has 0 bridgehead atoms. The van der Waals surface area contributed by atoms with Crippen LogP contribution < -0.4 is 5.32 Å². The number of amides is 1. The van der Waals surface area contributed by atoms with Crippen LogP contribution in [0, 0.1) is 0 Å². The minimum Gasteiger partial charge on any atom is -0.462 e. The Morgan fingerprint density at radius 1 is 0.519 bits per heavy atom. The van der Waals surface area contributed by atoms with Crippen molar-refractivity contribution in [2.24, 2.45) is 0 Å². The first-order chi connectivity index (χ1) is 26.5. The van der Waals surface area contributed by atoms with E-state index in [1.165, 1.54) is 122 Å². The van der Waals surface area contributed by atoms with Gasteiger partial charge in [-0.3, -0.25) is 9.59 Å². The Hall–Kier alpha value is -1.66. The van der Waals surface area contributed by atoms with Gasteiger partial charge < -0.3 is 20.3 Å². The normalized spacial score (nSPS) is 13.5. The second-order valence-corrected chi connectivity index (χ2v) is 16.2. The lowest BCUT2D eigenvalue weighted by Crippen LogP contribution is -2.46. The highest BCUT2D eigenvalue weighted by Crippen LogP contribution is 2.17. The smallest absolute Gasteiger partial charge is 0.306 e. The Morgan fingerprint density at radius 3 is 1.46 bits per heavy atom. The molecule has 0 aromatic heterocycles. The SMILES string of the molecule is CCC/C=C\CCCCCC(CC(=O)NC(CO)C(O)CCCCCCCCCCCCCCCCCC)OC(=O)CCCCCCC/C=C\CCCC. The van der Waals surface area contributed by atoms with Crippen LogP contribution in [0.1, 0.15) is 245 Å². The predicted molar refractivity (Wildman–Crippen MR) is 232 cm³/mol. The maximum atomic E-state index is 13.1. The van der Waals surface area contributed by atoms with Crippen molar-refractivity contribution < 1.29 is 24.5 Å². The summed E-state index contributed by atoms with van der Waals surface area (Å²) in [6, 6.07) is -0.702. The molecule has 0 aromatic rings. The zero-order valence-corrected chi connectivity index (χ0v) is 36.1. The number of unbranched alkanes of at least 4 members (excludes halogenated alkanes) is 26. The van der Waals surface area contributed by atoms with Gasteiger partial charge >= 0.3 is 5.97 Å². The molecule has 6 heteroatoms. The number of allylic oxidation sites excluding steroid dienone is 4.